The Morgan fingerprint density at radius 2 is 1.43 bits per heavy atom. The van der Waals surface area contributed by atoms with Crippen molar-refractivity contribution < 1.29 is 41.2 Å². The van der Waals surface area contributed by atoms with Crippen LogP contribution in [0, 0.1) is 18.6 Å². The van der Waals surface area contributed by atoms with Crippen LogP contribution in [-0.2, 0) is 16.2 Å². The number of carbonyl (C=O) groups excluding carboxylic acids is 3. The first kappa shape index (κ1) is 39.8. The molecule has 16 heteroatoms. The van der Waals surface area contributed by atoms with E-state index in [0.29, 0.717) is 42.4 Å². The van der Waals surface area contributed by atoms with Crippen LogP contribution in [0.3, 0.4) is 0 Å². The fraction of sp³-hybridized carbons (Fsp3) is 0.262. The molecular formula is C42H38F5N7O4. The molecule has 0 unspecified atom stereocenters. The van der Waals surface area contributed by atoms with Crippen LogP contribution < -0.4 is 15.1 Å². The van der Waals surface area contributed by atoms with E-state index in [9.17, 15) is 27.6 Å². The molecule has 1 fully saturated rings. The number of hydrogen-bond donors (Lipinski definition) is 1. The Morgan fingerprint density at radius 1 is 0.828 bits per heavy atom. The third kappa shape index (κ3) is 7.92. The molecular weight excluding hydrogens is 761 g/mol. The highest BCUT2D eigenvalue weighted by molar-refractivity contribution is 6.02. The fourth-order valence-corrected chi connectivity index (χ4v) is 7.15. The Hall–Kier alpha value is -6.42. The second kappa shape index (κ2) is 16.2. The number of fused-ring (bicyclic) bond motifs is 1. The van der Waals surface area contributed by atoms with E-state index < -0.39 is 47.4 Å². The second-order valence-corrected chi connectivity index (χ2v) is 14.1. The molecule has 300 valence electrons. The van der Waals surface area contributed by atoms with Gasteiger partial charge in [0, 0.05) is 42.9 Å². The number of nitrogens with zero attached hydrogens (tertiary/aromatic N) is 6. The largest absolute Gasteiger partial charge is 0.493 e. The summed E-state index contributed by atoms with van der Waals surface area (Å²) in [6.45, 7) is 6.25. The molecule has 7 rings (SSSR count). The number of benzene rings is 4. The molecule has 0 aliphatic carbocycles. The zero-order valence-electron chi connectivity index (χ0n) is 31.6. The number of carbonyl (C=O) groups is 3. The van der Waals surface area contributed by atoms with Crippen LogP contribution in [0.25, 0.3) is 11.3 Å². The first-order chi connectivity index (χ1) is 27.7. The van der Waals surface area contributed by atoms with Gasteiger partial charge in [0.15, 0.2) is 5.82 Å². The van der Waals surface area contributed by atoms with Gasteiger partial charge < -0.3 is 15.1 Å². The van der Waals surface area contributed by atoms with Crippen molar-refractivity contribution in [1.29, 1.82) is 0 Å². The van der Waals surface area contributed by atoms with E-state index in [2.05, 4.69) is 39.3 Å². The number of piperazine rings is 1. The van der Waals surface area contributed by atoms with Gasteiger partial charge in [0.2, 0.25) is 5.95 Å². The van der Waals surface area contributed by atoms with Gasteiger partial charge in [-0.25, -0.2) is 28.3 Å². The van der Waals surface area contributed by atoms with Gasteiger partial charge in [-0.3, -0.25) is 9.69 Å². The van der Waals surface area contributed by atoms with Gasteiger partial charge in [0.25, 0.3) is 5.91 Å². The molecule has 11 nitrogen and oxygen atoms in total. The maximum Gasteiger partial charge on any atom is 0.493 e. The summed E-state index contributed by atoms with van der Waals surface area (Å²) in [7, 11) is 0. The molecule has 2 aliphatic heterocycles. The number of aryl methyl sites for hydroxylation is 1. The average Bonchev–Trinajstić information content (AvgIpc) is 3.21. The van der Waals surface area contributed by atoms with Gasteiger partial charge in [-0.1, -0.05) is 72.8 Å². The highest BCUT2D eigenvalue weighted by Crippen LogP contribution is 2.40. The van der Waals surface area contributed by atoms with Crippen molar-refractivity contribution in [3.8, 4) is 11.3 Å². The van der Waals surface area contributed by atoms with E-state index in [4.69, 9.17) is 9.97 Å². The average molecular weight is 800 g/mol. The summed E-state index contributed by atoms with van der Waals surface area (Å²) in [6.07, 6.45) is -5.36. The molecule has 3 amide bonds. The van der Waals surface area contributed by atoms with E-state index in [1.54, 1.807) is 13.0 Å². The topological polar surface area (TPSA) is 111 Å². The minimum Gasteiger partial charge on any atom is -0.338 e. The number of para-hydroxylation sites is 1. The molecule has 0 radical (unpaired) electrons. The lowest BCUT2D eigenvalue weighted by molar-refractivity contribution is -0.232. The number of hydrogen-bond acceptors (Lipinski definition) is 8. The number of anilines is 3. The highest BCUT2D eigenvalue weighted by Gasteiger charge is 2.44. The Balaban J connectivity index is 1.31. The summed E-state index contributed by atoms with van der Waals surface area (Å²) < 4.78 is 70.3. The van der Waals surface area contributed by atoms with Crippen LogP contribution in [0.5, 0.6) is 0 Å². The Morgan fingerprint density at radius 3 is 2.00 bits per heavy atom. The highest BCUT2D eigenvalue weighted by atomic mass is 19.4. The number of nitrogens with one attached hydrogen (secondary N) is 1. The number of hydroxylamine groups is 2. The molecule has 0 atom stereocenters. The number of aromatic nitrogens is 2. The molecule has 3 heterocycles. The summed E-state index contributed by atoms with van der Waals surface area (Å²) in [5, 5.41) is 2.98. The van der Waals surface area contributed by atoms with E-state index in [1.165, 1.54) is 32.0 Å². The lowest BCUT2D eigenvalue weighted by Crippen LogP contribution is -2.49. The van der Waals surface area contributed by atoms with Crippen LogP contribution in [-0.4, -0.2) is 76.2 Å². The molecule has 0 saturated carbocycles. The predicted octanol–water partition coefficient (Wildman–Crippen LogP) is 7.87. The standard InChI is InChI=1S/C42H38F5N7O4/c1-25(2)54(58-39(56)42(45,46)47)38(55)29-18-17-26(3)30(23-29)34-31-24-48-41(57)53(36-32(43)15-10-16-33(36)44)37(31)50-40(49-34)52-21-19-51(20-22-52)35(27-11-6-4-7-12-27)28-13-8-5-9-14-28/h4-18,23,25,35H,19-22,24H2,1-3H3,(H,48,57). The molecule has 5 aromatic rings. The molecule has 1 N–H and O–H groups in total. The van der Waals surface area contributed by atoms with Crippen LogP contribution in [0.4, 0.5) is 44.2 Å². The summed E-state index contributed by atoms with van der Waals surface area (Å²) >= 11 is 0. The molecule has 1 saturated heterocycles. The summed E-state index contributed by atoms with van der Waals surface area (Å²) in [5.41, 5.74) is 2.75. The molecule has 58 heavy (non-hydrogen) atoms. The van der Waals surface area contributed by atoms with E-state index in [0.717, 1.165) is 28.2 Å². The Kier molecular flexibility index (Phi) is 11.1. The molecule has 1 aromatic heterocycles. The number of urea groups is 1. The Labute approximate surface area is 330 Å². The van der Waals surface area contributed by atoms with Crippen molar-refractivity contribution in [2.24, 2.45) is 0 Å². The molecule has 4 aromatic carbocycles. The van der Waals surface area contributed by atoms with Crippen molar-refractivity contribution in [3.05, 3.63) is 137 Å². The van der Waals surface area contributed by atoms with Gasteiger partial charge in [-0.15, -0.1) is 0 Å². The molecule has 0 spiro atoms. The van der Waals surface area contributed by atoms with Gasteiger partial charge in [0.1, 0.15) is 17.3 Å². The summed E-state index contributed by atoms with van der Waals surface area (Å²) in [6, 6.07) is 25.8. The molecule has 0 bridgehead atoms. The van der Waals surface area contributed by atoms with Crippen LogP contribution >= 0.6 is 0 Å². The minimum atomic E-state index is -5.36. The van der Waals surface area contributed by atoms with Gasteiger partial charge in [-0.05, 0) is 61.7 Å². The normalized spacial score (nSPS) is 14.7. The minimum absolute atomic E-state index is 0.0588. The van der Waals surface area contributed by atoms with E-state index in [-0.39, 0.29) is 41.2 Å². The maximum absolute atomic E-state index is 15.4. The van der Waals surface area contributed by atoms with Gasteiger partial charge in [0.05, 0.1) is 24.3 Å². The van der Waals surface area contributed by atoms with E-state index >= 15 is 8.78 Å². The monoisotopic (exact) mass is 799 g/mol. The first-order valence-electron chi connectivity index (χ1n) is 18.5. The van der Waals surface area contributed by atoms with Crippen LogP contribution in [0.15, 0.2) is 97.1 Å². The number of amides is 3. The van der Waals surface area contributed by atoms with Crippen molar-refractivity contribution in [3.63, 3.8) is 0 Å². The zero-order valence-corrected chi connectivity index (χ0v) is 31.6. The third-order valence-corrected chi connectivity index (χ3v) is 9.98. The number of rotatable bonds is 8. The van der Waals surface area contributed by atoms with Crippen molar-refractivity contribution in [2.45, 2.75) is 45.6 Å². The first-order valence-corrected chi connectivity index (χ1v) is 18.5. The van der Waals surface area contributed by atoms with Crippen molar-refractivity contribution in [1.82, 2.24) is 25.2 Å². The fourth-order valence-electron chi connectivity index (χ4n) is 7.15. The lowest BCUT2D eigenvalue weighted by Gasteiger charge is -2.40. The van der Waals surface area contributed by atoms with Crippen molar-refractivity contribution in [2.75, 3.05) is 36.0 Å². The number of halogens is 5. The van der Waals surface area contributed by atoms with Crippen LogP contribution in [0.2, 0.25) is 0 Å². The predicted molar refractivity (Wildman–Crippen MR) is 205 cm³/mol. The van der Waals surface area contributed by atoms with E-state index in [1.807, 2.05) is 41.3 Å². The SMILES string of the molecule is Cc1ccc(C(=O)N(OC(=O)C(F)(F)F)C(C)C)cc1-c1nc(N2CCN(C(c3ccccc3)c3ccccc3)CC2)nc2c1CNC(=O)N2c1c(F)cccc1F. The quantitative estimate of drug-likeness (QED) is 0.125. The van der Waals surface area contributed by atoms with Crippen molar-refractivity contribution >= 4 is 35.4 Å². The summed E-state index contributed by atoms with van der Waals surface area (Å²) in [5.74, 6) is -5.59. The number of alkyl halides is 3. The summed E-state index contributed by atoms with van der Waals surface area (Å²) in [4.78, 5) is 58.3. The maximum atomic E-state index is 15.4. The second-order valence-electron chi connectivity index (χ2n) is 14.1. The smallest absolute Gasteiger partial charge is 0.338 e. The molecule has 2 aliphatic rings. The van der Waals surface area contributed by atoms with Crippen LogP contribution in [0.1, 0.15) is 52.5 Å². The van der Waals surface area contributed by atoms with Gasteiger partial charge >= 0.3 is 18.2 Å². The lowest BCUT2D eigenvalue weighted by atomic mass is 9.96. The Bertz CT molecular complexity index is 2280. The third-order valence-electron chi connectivity index (χ3n) is 9.98. The van der Waals surface area contributed by atoms with Gasteiger partial charge in [-0.2, -0.15) is 23.2 Å². The zero-order chi connectivity index (χ0) is 41.3.